The van der Waals surface area contributed by atoms with Crippen molar-refractivity contribution in [2.45, 2.75) is 0 Å². The Kier molecular flexibility index (Phi) is 7.54. The Hall–Kier alpha value is -7.88. The topological polar surface area (TPSA) is 21.3 Å². The number of benzene rings is 10. The van der Waals surface area contributed by atoms with Gasteiger partial charge in [0.25, 0.3) is 0 Å². The van der Waals surface area contributed by atoms with E-state index in [-0.39, 0.29) is 0 Å². The van der Waals surface area contributed by atoms with Crippen molar-refractivity contribution in [3.05, 3.63) is 218 Å². The van der Waals surface area contributed by atoms with Gasteiger partial charge in [-0.2, -0.15) is 0 Å². The molecule has 0 radical (unpaired) electrons. The summed E-state index contributed by atoms with van der Waals surface area (Å²) < 4.78 is 8.63. The second-order valence-electron chi connectivity index (χ2n) is 15.3. The van der Waals surface area contributed by atoms with Crippen molar-refractivity contribution in [2.75, 3.05) is 4.90 Å². The Bertz CT molecular complexity index is 3530. The quantitative estimate of drug-likeness (QED) is 0.169. The largest absolute Gasteiger partial charge is 0.456 e. The van der Waals surface area contributed by atoms with Crippen LogP contribution in [-0.2, 0) is 0 Å². The lowest BCUT2D eigenvalue weighted by Crippen LogP contribution is -2.09. The molecule has 0 atom stereocenters. The van der Waals surface area contributed by atoms with E-state index in [9.17, 15) is 0 Å². The molecular formula is C56H36N2O. The van der Waals surface area contributed by atoms with E-state index in [1.807, 2.05) is 12.1 Å². The highest BCUT2D eigenvalue weighted by Crippen LogP contribution is 2.41. The first-order valence-corrected chi connectivity index (χ1v) is 20.2. The van der Waals surface area contributed by atoms with Gasteiger partial charge in [0.15, 0.2) is 0 Å². The molecule has 0 amide bonds. The minimum atomic E-state index is 0.884. The lowest BCUT2D eigenvalue weighted by atomic mass is 9.98. The molecule has 0 bridgehead atoms. The molecule has 0 aliphatic carbocycles. The van der Waals surface area contributed by atoms with Crippen LogP contribution >= 0.6 is 0 Å². The lowest BCUT2D eigenvalue weighted by Gasteiger charge is -2.26. The van der Waals surface area contributed by atoms with Crippen LogP contribution in [0.5, 0.6) is 0 Å². The highest BCUT2D eigenvalue weighted by atomic mass is 16.3. The van der Waals surface area contributed by atoms with Gasteiger partial charge < -0.3 is 13.9 Å². The maximum Gasteiger partial charge on any atom is 0.135 e. The third-order valence-electron chi connectivity index (χ3n) is 12.0. The Balaban J connectivity index is 0.928. The van der Waals surface area contributed by atoms with Gasteiger partial charge in [0.05, 0.1) is 11.0 Å². The first kappa shape index (κ1) is 33.3. The molecule has 59 heavy (non-hydrogen) atoms. The zero-order valence-corrected chi connectivity index (χ0v) is 32.1. The van der Waals surface area contributed by atoms with Crippen LogP contribution in [0.2, 0.25) is 0 Å². The van der Waals surface area contributed by atoms with Gasteiger partial charge in [0.2, 0.25) is 0 Å². The molecule has 0 N–H and O–H groups in total. The molecule has 0 saturated heterocycles. The molecule has 2 heterocycles. The molecule has 276 valence electrons. The fraction of sp³-hybridized carbons (Fsp3) is 0. The summed E-state index contributed by atoms with van der Waals surface area (Å²) in [6, 6.07) is 78.7. The number of anilines is 3. The monoisotopic (exact) mass is 752 g/mol. The van der Waals surface area contributed by atoms with Gasteiger partial charge in [-0.05, 0) is 117 Å². The predicted octanol–water partition coefficient (Wildman–Crippen LogP) is 15.8. The van der Waals surface area contributed by atoms with Crippen molar-refractivity contribution >= 4 is 82.4 Å². The minimum absolute atomic E-state index is 0.884. The van der Waals surface area contributed by atoms with Gasteiger partial charge in [0, 0.05) is 44.3 Å². The van der Waals surface area contributed by atoms with Crippen molar-refractivity contribution < 1.29 is 4.42 Å². The molecule has 12 aromatic rings. The molecule has 0 aliphatic heterocycles. The van der Waals surface area contributed by atoms with Crippen molar-refractivity contribution in [2.24, 2.45) is 0 Å². The average molecular weight is 753 g/mol. The Morgan fingerprint density at radius 1 is 0.339 bits per heavy atom. The number of para-hydroxylation sites is 2. The lowest BCUT2D eigenvalue weighted by molar-refractivity contribution is 0.669. The van der Waals surface area contributed by atoms with Crippen molar-refractivity contribution in [1.82, 2.24) is 4.57 Å². The summed E-state index contributed by atoms with van der Waals surface area (Å²) in [4.78, 5) is 2.34. The molecule has 0 saturated carbocycles. The van der Waals surface area contributed by atoms with Gasteiger partial charge in [-0.25, -0.2) is 0 Å². The van der Waals surface area contributed by atoms with Gasteiger partial charge in [0.1, 0.15) is 11.2 Å². The summed E-state index contributed by atoms with van der Waals surface area (Å²) in [7, 11) is 0. The maximum absolute atomic E-state index is 6.23. The second kappa shape index (κ2) is 13.4. The predicted molar refractivity (Wildman–Crippen MR) is 249 cm³/mol. The molecule has 0 aliphatic rings. The van der Waals surface area contributed by atoms with Crippen molar-refractivity contribution in [3.8, 4) is 27.9 Å². The summed E-state index contributed by atoms with van der Waals surface area (Å²) in [6.45, 7) is 0. The normalized spacial score (nSPS) is 11.7. The highest BCUT2D eigenvalue weighted by molar-refractivity contribution is 6.21. The SMILES string of the molecule is c1ccc2c(-c3ccc(N(c4ccc(-c5ccc(-n6c7ccccc7c7c8ccccc8ccc76)cc5)cc4)c4ccc5oc6ccccc6c5c4)cc3)cccc2c1. The maximum atomic E-state index is 6.23. The van der Waals surface area contributed by atoms with E-state index in [2.05, 4.69) is 216 Å². The number of hydrogen-bond donors (Lipinski definition) is 0. The number of fused-ring (bicyclic) bond motifs is 9. The van der Waals surface area contributed by atoms with E-state index in [4.69, 9.17) is 4.42 Å². The summed E-state index contributed by atoms with van der Waals surface area (Å²) >= 11 is 0. The third kappa shape index (κ3) is 5.44. The molecular weight excluding hydrogens is 717 g/mol. The van der Waals surface area contributed by atoms with E-state index < -0.39 is 0 Å². The zero-order valence-electron chi connectivity index (χ0n) is 32.1. The van der Waals surface area contributed by atoms with Crippen molar-refractivity contribution in [3.63, 3.8) is 0 Å². The summed E-state index contributed by atoms with van der Waals surface area (Å²) in [6.07, 6.45) is 0. The van der Waals surface area contributed by atoms with E-state index in [1.54, 1.807) is 0 Å². The number of nitrogens with zero attached hydrogens (tertiary/aromatic N) is 2. The summed E-state index contributed by atoms with van der Waals surface area (Å²) in [5.41, 5.74) is 13.3. The number of hydrogen-bond acceptors (Lipinski definition) is 2. The van der Waals surface area contributed by atoms with Crippen LogP contribution in [-0.4, -0.2) is 4.57 Å². The molecule has 0 fully saturated rings. The van der Waals surface area contributed by atoms with Crippen LogP contribution in [0.25, 0.3) is 93.2 Å². The first-order chi connectivity index (χ1) is 29.2. The molecule has 0 unspecified atom stereocenters. The summed E-state index contributed by atoms with van der Waals surface area (Å²) in [5, 5.41) is 9.82. The standard InChI is InChI=1S/C56H36N2O/c1-3-13-46-39(10-1)12-9-17-47(46)41-24-31-43(32-25-41)57(45-33-35-55-51(36-45)49-15-6-8-19-54(49)59-55)42-27-20-37(21-28-42)38-22-29-44(30-23-38)58-52-18-7-5-16-50(52)56-48-14-4-2-11-40(48)26-34-53(56)58/h1-36H. The second-order valence-corrected chi connectivity index (χ2v) is 15.3. The van der Waals surface area contributed by atoms with E-state index in [1.165, 1.54) is 60.0 Å². The molecule has 10 aromatic carbocycles. The van der Waals surface area contributed by atoms with Crippen LogP contribution in [0.4, 0.5) is 17.1 Å². The molecule has 2 aromatic heterocycles. The van der Waals surface area contributed by atoms with Crippen LogP contribution in [0.3, 0.4) is 0 Å². The van der Waals surface area contributed by atoms with Crippen molar-refractivity contribution in [1.29, 1.82) is 0 Å². The highest BCUT2D eigenvalue weighted by Gasteiger charge is 2.18. The molecule has 0 spiro atoms. The molecule has 12 rings (SSSR count). The Morgan fingerprint density at radius 3 is 1.66 bits per heavy atom. The van der Waals surface area contributed by atoms with E-state index >= 15 is 0 Å². The average Bonchev–Trinajstić information content (AvgIpc) is 3.85. The number of rotatable bonds is 6. The van der Waals surface area contributed by atoms with E-state index in [0.717, 1.165) is 50.3 Å². The molecule has 3 heteroatoms. The van der Waals surface area contributed by atoms with Crippen LogP contribution in [0.15, 0.2) is 223 Å². The smallest absolute Gasteiger partial charge is 0.135 e. The number of aromatic nitrogens is 1. The minimum Gasteiger partial charge on any atom is -0.456 e. The van der Waals surface area contributed by atoms with Gasteiger partial charge in [-0.3, -0.25) is 0 Å². The van der Waals surface area contributed by atoms with E-state index in [0.29, 0.717) is 0 Å². The number of furan rings is 1. The zero-order chi connectivity index (χ0) is 38.9. The van der Waals surface area contributed by atoms with Gasteiger partial charge in [-0.15, -0.1) is 0 Å². The fourth-order valence-electron chi connectivity index (χ4n) is 9.19. The molecule has 3 nitrogen and oxygen atoms in total. The van der Waals surface area contributed by atoms with Crippen LogP contribution in [0, 0.1) is 0 Å². The van der Waals surface area contributed by atoms with Crippen LogP contribution < -0.4 is 4.90 Å². The van der Waals surface area contributed by atoms with Crippen LogP contribution in [0.1, 0.15) is 0 Å². The summed E-state index contributed by atoms with van der Waals surface area (Å²) in [5.74, 6) is 0. The van der Waals surface area contributed by atoms with Gasteiger partial charge >= 0.3 is 0 Å². The Labute approximate surface area is 341 Å². The Morgan fingerprint density at radius 2 is 0.898 bits per heavy atom. The van der Waals surface area contributed by atoms with Gasteiger partial charge in [-0.1, -0.05) is 146 Å². The fourth-order valence-corrected chi connectivity index (χ4v) is 9.19. The third-order valence-corrected chi connectivity index (χ3v) is 12.0. The first-order valence-electron chi connectivity index (χ1n) is 20.2.